The Kier molecular flexibility index (Phi) is 8.38. The summed E-state index contributed by atoms with van der Waals surface area (Å²) in [7, 11) is -1.41. The number of nitrogens with zero attached hydrogens (tertiary/aromatic N) is 4. The number of alkyl halides is 3. The number of fused-ring (bicyclic) bond motifs is 1. The molecule has 2 heterocycles. The zero-order valence-corrected chi connectivity index (χ0v) is 25.9. The Labute approximate surface area is 267 Å². The molecule has 0 aliphatic heterocycles. The summed E-state index contributed by atoms with van der Waals surface area (Å²) in [5.41, 5.74) is 0.452. The van der Waals surface area contributed by atoms with Crippen LogP contribution in [-0.4, -0.2) is 43.6 Å². The van der Waals surface area contributed by atoms with Crippen molar-refractivity contribution in [3.8, 4) is 17.2 Å². The van der Waals surface area contributed by atoms with Crippen molar-refractivity contribution in [2.24, 2.45) is 5.92 Å². The molecule has 2 aromatic heterocycles. The largest absolute Gasteiger partial charge is 0.497 e. The molecule has 1 saturated carbocycles. The van der Waals surface area contributed by atoms with Crippen LogP contribution < -0.4 is 19.3 Å². The molecule has 1 aliphatic rings. The van der Waals surface area contributed by atoms with Gasteiger partial charge in [0.2, 0.25) is 0 Å². The van der Waals surface area contributed by atoms with E-state index in [1.165, 1.54) is 67.4 Å². The van der Waals surface area contributed by atoms with Gasteiger partial charge in [-0.2, -0.15) is 18.3 Å². The molecule has 0 unspecified atom stereocenters. The van der Waals surface area contributed by atoms with Crippen molar-refractivity contribution in [3.63, 3.8) is 0 Å². The lowest BCUT2D eigenvalue weighted by atomic mass is 9.71. The molecular formula is C33H28F4N4O5S. The van der Waals surface area contributed by atoms with Gasteiger partial charge in [0.25, 0.3) is 15.6 Å². The molecule has 9 nitrogen and oxygen atoms in total. The van der Waals surface area contributed by atoms with E-state index >= 15 is 4.39 Å². The minimum Gasteiger partial charge on any atom is -0.497 e. The second-order valence-electron chi connectivity index (χ2n) is 11.1. The van der Waals surface area contributed by atoms with Crippen LogP contribution in [0.1, 0.15) is 29.9 Å². The lowest BCUT2D eigenvalue weighted by Crippen LogP contribution is -2.34. The van der Waals surface area contributed by atoms with E-state index in [9.17, 15) is 26.4 Å². The predicted octanol–water partition coefficient (Wildman–Crippen LogP) is 6.39. The maximum atomic E-state index is 15.4. The van der Waals surface area contributed by atoms with Gasteiger partial charge in [-0.05, 0) is 84.5 Å². The molecule has 0 N–H and O–H groups in total. The van der Waals surface area contributed by atoms with Crippen LogP contribution in [0, 0.1) is 11.7 Å². The van der Waals surface area contributed by atoms with Crippen molar-refractivity contribution in [3.05, 3.63) is 112 Å². The number of ether oxygens (including phenoxy) is 2. The number of halogens is 4. The van der Waals surface area contributed by atoms with Gasteiger partial charge in [0, 0.05) is 23.7 Å². The average molecular weight is 669 g/mol. The van der Waals surface area contributed by atoms with Crippen LogP contribution in [0.2, 0.25) is 0 Å². The van der Waals surface area contributed by atoms with Crippen LogP contribution in [0.15, 0.2) is 94.7 Å². The molecule has 0 amide bonds. The van der Waals surface area contributed by atoms with Crippen molar-refractivity contribution in [2.75, 3.05) is 18.5 Å². The normalized spacial score (nSPS) is 16.5. The minimum absolute atomic E-state index is 0.0207. The summed E-state index contributed by atoms with van der Waals surface area (Å²) in [6.07, 6.45) is -3.40. The summed E-state index contributed by atoms with van der Waals surface area (Å²) in [6.45, 7) is -0.0733. The molecule has 47 heavy (non-hydrogen) atoms. The fourth-order valence-corrected chi connectivity index (χ4v) is 7.15. The number of rotatable bonds is 9. The number of hydrogen-bond donors (Lipinski definition) is 0. The minimum atomic E-state index is -4.35. The molecular weight excluding hydrogens is 640 g/mol. The lowest BCUT2D eigenvalue weighted by Gasteiger charge is -2.37. The van der Waals surface area contributed by atoms with Crippen molar-refractivity contribution >= 4 is 26.7 Å². The Balaban J connectivity index is 1.39. The quantitative estimate of drug-likeness (QED) is 0.168. The Morgan fingerprint density at radius 3 is 2.34 bits per heavy atom. The fourth-order valence-electron chi connectivity index (χ4n) is 5.72. The van der Waals surface area contributed by atoms with E-state index < -0.39 is 39.4 Å². The van der Waals surface area contributed by atoms with Gasteiger partial charge in [-0.25, -0.2) is 17.1 Å². The molecule has 0 spiro atoms. The molecule has 14 heteroatoms. The van der Waals surface area contributed by atoms with Gasteiger partial charge in [-0.1, -0.05) is 12.1 Å². The molecule has 0 bridgehead atoms. The Hall–Kier alpha value is -4.98. The highest BCUT2D eigenvalue weighted by Crippen LogP contribution is 2.50. The third kappa shape index (κ3) is 6.12. The first kappa shape index (κ1) is 32.0. The lowest BCUT2D eigenvalue weighted by molar-refractivity contribution is -0.197. The SMILES string of the molecule is COc1ccc(CN(c2cccnn2)S(=O)(=O)c2ccc3c(ccc(=O)n3-c3cc(F)c(C4CC(C(F)(F)F)C4)cc3OC)c2)cc1. The average Bonchev–Trinajstić information content (AvgIpc) is 3.03. The fraction of sp³-hybridized carbons (Fsp3) is 0.242. The van der Waals surface area contributed by atoms with Gasteiger partial charge in [-0.3, -0.25) is 9.36 Å². The van der Waals surface area contributed by atoms with E-state index in [1.807, 2.05) is 0 Å². The van der Waals surface area contributed by atoms with Crippen molar-refractivity contribution in [1.82, 2.24) is 14.8 Å². The standard InChI is InChI=1S/C33H28F4N4O5S/c1-45-24-8-5-20(6-9-24)19-40(31-4-3-13-38-39-31)47(43,44)25-10-11-28-21(16-25)7-12-32(42)41(28)29-18-27(34)26(17-30(29)46-2)22-14-23(15-22)33(35,36)37/h3-13,16-18,22-23H,14-15,19H2,1-2H3. The molecule has 1 aliphatic carbocycles. The monoisotopic (exact) mass is 668 g/mol. The van der Waals surface area contributed by atoms with Gasteiger partial charge in [0.1, 0.15) is 17.3 Å². The van der Waals surface area contributed by atoms with Gasteiger partial charge in [0.05, 0.1) is 42.8 Å². The summed E-state index contributed by atoms with van der Waals surface area (Å²) >= 11 is 0. The first-order chi connectivity index (χ1) is 22.4. The molecule has 0 radical (unpaired) electrons. The summed E-state index contributed by atoms with van der Waals surface area (Å²) < 4.78 is 95.8. The Morgan fingerprint density at radius 1 is 0.957 bits per heavy atom. The van der Waals surface area contributed by atoms with E-state index in [0.29, 0.717) is 16.7 Å². The molecule has 0 atom stereocenters. The number of hydrogen-bond acceptors (Lipinski definition) is 7. The number of benzene rings is 3. The van der Waals surface area contributed by atoms with Gasteiger partial charge in [-0.15, -0.1) is 5.10 Å². The predicted molar refractivity (Wildman–Crippen MR) is 166 cm³/mol. The van der Waals surface area contributed by atoms with Gasteiger partial charge in [0.15, 0.2) is 5.82 Å². The second kappa shape index (κ2) is 12.3. The van der Waals surface area contributed by atoms with Gasteiger partial charge < -0.3 is 9.47 Å². The topological polar surface area (TPSA) is 104 Å². The van der Waals surface area contributed by atoms with Crippen LogP contribution in [0.25, 0.3) is 16.6 Å². The Morgan fingerprint density at radius 2 is 1.70 bits per heavy atom. The van der Waals surface area contributed by atoms with Gasteiger partial charge >= 0.3 is 6.18 Å². The summed E-state index contributed by atoms with van der Waals surface area (Å²) in [5, 5.41) is 8.21. The van der Waals surface area contributed by atoms with Crippen LogP contribution in [0.4, 0.5) is 23.4 Å². The van der Waals surface area contributed by atoms with E-state index in [0.717, 1.165) is 10.4 Å². The third-order valence-corrected chi connectivity index (χ3v) is 10.1. The summed E-state index contributed by atoms with van der Waals surface area (Å²) in [6, 6.07) is 19.2. The molecule has 3 aromatic carbocycles. The summed E-state index contributed by atoms with van der Waals surface area (Å²) in [5.74, 6) is -2.14. The van der Waals surface area contributed by atoms with Crippen LogP contribution in [0.5, 0.6) is 11.5 Å². The molecule has 6 rings (SSSR count). The highest BCUT2D eigenvalue weighted by atomic mass is 32.2. The summed E-state index contributed by atoms with van der Waals surface area (Å²) in [4.78, 5) is 13.1. The van der Waals surface area contributed by atoms with Crippen LogP contribution in [0.3, 0.4) is 0 Å². The molecule has 0 saturated heterocycles. The number of anilines is 1. The number of aromatic nitrogens is 3. The maximum Gasteiger partial charge on any atom is 0.391 e. The number of sulfonamides is 1. The first-order valence-electron chi connectivity index (χ1n) is 14.4. The number of pyridine rings is 1. The van der Waals surface area contributed by atoms with Crippen molar-refractivity contribution < 1.29 is 35.5 Å². The Bertz CT molecular complexity index is 2100. The zero-order valence-electron chi connectivity index (χ0n) is 25.1. The first-order valence-corrected chi connectivity index (χ1v) is 15.9. The van der Waals surface area contributed by atoms with Crippen LogP contribution >= 0.6 is 0 Å². The van der Waals surface area contributed by atoms with E-state index in [1.54, 1.807) is 30.3 Å². The number of methoxy groups -OCH3 is 2. The van der Waals surface area contributed by atoms with E-state index in [2.05, 4.69) is 10.2 Å². The smallest absolute Gasteiger partial charge is 0.391 e. The highest BCUT2D eigenvalue weighted by molar-refractivity contribution is 7.92. The van der Waals surface area contributed by atoms with Crippen LogP contribution in [-0.2, 0) is 16.6 Å². The third-order valence-electron chi connectivity index (χ3n) is 8.33. The molecule has 5 aromatic rings. The highest BCUT2D eigenvalue weighted by Gasteiger charge is 2.48. The molecule has 244 valence electrons. The molecule has 1 fully saturated rings. The maximum absolute atomic E-state index is 15.4. The van der Waals surface area contributed by atoms with Crippen molar-refractivity contribution in [2.45, 2.75) is 36.4 Å². The van der Waals surface area contributed by atoms with Crippen molar-refractivity contribution in [1.29, 1.82) is 0 Å². The van der Waals surface area contributed by atoms with E-state index in [-0.39, 0.29) is 52.6 Å². The second-order valence-corrected chi connectivity index (χ2v) is 13.0. The van der Waals surface area contributed by atoms with E-state index in [4.69, 9.17) is 9.47 Å². The zero-order chi connectivity index (χ0) is 33.5.